The fourth-order valence-electron chi connectivity index (χ4n) is 2.00. The summed E-state index contributed by atoms with van der Waals surface area (Å²) in [4.78, 5) is 8.67. The standard InChI is InChI=1S/C17H24N4O/c1-13(2)12-20-17-19-10-8-16(21-17)18-9-7-14-5-4-6-15(11-14)22-3/h4-6,8,10-11,13H,7,9,12H2,1-3H3,(H2,18,19,20,21). The SMILES string of the molecule is COc1cccc(CCNc2ccnc(NCC(C)C)n2)c1. The Morgan fingerprint density at radius 3 is 2.82 bits per heavy atom. The summed E-state index contributed by atoms with van der Waals surface area (Å²) in [7, 11) is 1.68. The van der Waals surface area contributed by atoms with Gasteiger partial charge in [-0.05, 0) is 36.1 Å². The quantitative estimate of drug-likeness (QED) is 0.784. The van der Waals surface area contributed by atoms with Crippen molar-refractivity contribution in [2.75, 3.05) is 30.8 Å². The van der Waals surface area contributed by atoms with Gasteiger partial charge in [-0.25, -0.2) is 4.98 Å². The molecule has 2 rings (SSSR count). The highest BCUT2D eigenvalue weighted by Crippen LogP contribution is 2.13. The summed E-state index contributed by atoms with van der Waals surface area (Å²) < 4.78 is 5.23. The molecule has 0 atom stereocenters. The molecule has 22 heavy (non-hydrogen) atoms. The average Bonchev–Trinajstić information content (AvgIpc) is 2.53. The summed E-state index contributed by atoms with van der Waals surface area (Å²) in [6.07, 6.45) is 2.68. The van der Waals surface area contributed by atoms with Crippen LogP contribution in [0.5, 0.6) is 5.75 Å². The minimum absolute atomic E-state index is 0.563. The fraction of sp³-hybridized carbons (Fsp3) is 0.412. The van der Waals surface area contributed by atoms with E-state index < -0.39 is 0 Å². The summed E-state index contributed by atoms with van der Waals surface area (Å²) in [5.41, 5.74) is 1.24. The number of aromatic nitrogens is 2. The van der Waals surface area contributed by atoms with E-state index in [4.69, 9.17) is 4.74 Å². The molecule has 1 aromatic heterocycles. The lowest BCUT2D eigenvalue weighted by Crippen LogP contribution is -2.12. The molecule has 0 aliphatic rings. The van der Waals surface area contributed by atoms with Crippen LogP contribution in [0.1, 0.15) is 19.4 Å². The normalized spacial score (nSPS) is 10.5. The van der Waals surface area contributed by atoms with Crippen LogP contribution in [0.2, 0.25) is 0 Å². The third-order valence-electron chi connectivity index (χ3n) is 3.18. The van der Waals surface area contributed by atoms with Crippen LogP contribution in [0.3, 0.4) is 0 Å². The van der Waals surface area contributed by atoms with Gasteiger partial charge >= 0.3 is 0 Å². The first-order valence-corrected chi connectivity index (χ1v) is 7.61. The molecule has 0 bridgehead atoms. The average molecular weight is 300 g/mol. The number of benzene rings is 1. The lowest BCUT2D eigenvalue weighted by molar-refractivity contribution is 0.414. The van der Waals surface area contributed by atoms with Crippen molar-refractivity contribution in [1.82, 2.24) is 9.97 Å². The number of rotatable bonds is 8. The van der Waals surface area contributed by atoms with Gasteiger partial charge in [0.2, 0.25) is 5.95 Å². The minimum Gasteiger partial charge on any atom is -0.497 e. The predicted molar refractivity (Wildman–Crippen MR) is 90.5 cm³/mol. The van der Waals surface area contributed by atoms with Crippen LogP contribution in [0, 0.1) is 5.92 Å². The number of hydrogen-bond acceptors (Lipinski definition) is 5. The molecule has 1 aromatic carbocycles. The number of hydrogen-bond donors (Lipinski definition) is 2. The van der Waals surface area contributed by atoms with Gasteiger partial charge in [-0.15, -0.1) is 0 Å². The maximum atomic E-state index is 5.23. The molecule has 2 aromatic rings. The molecular formula is C17H24N4O. The van der Waals surface area contributed by atoms with Crippen LogP contribution in [0.15, 0.2) is 36.5 Å². The maximum Gasteiger partial charge on any atom is 0.224 e. The molecule has 118 valence electrons. The van der Waals surface area contributed by atoms with E-state index in [1.54, 1.807) is 13.3 Å². The fourth-order valence-corrected chi connectivity index (χ4v) is 2.00. The third-order valence-corrected chi connectivity index (χ3v) is 3.18. The third kappa shape index (κ3) is 5.24. The van der Waals surface area contributed by atoms with Gasteiger partial charge in [0.1, 0.15) is 11.6 Å². The highest BCUT2D eigenvalue weighted by atomic mass is 16.5. The van der Waals surface area contributed by atoms with E-state index in [-0.39, 0.29) is 0 Å². The summed E-state index contributed by atoms with van der Waals surface area (Å²) >= 11 is 0. The van der Waals surface area contributed by atoms with Gasteiger partial charge in [0, 0.05) is 19.3 Å². The van der Waals surface area contributed by atoms with E-state index in [9.17, 15) is 0 Å². The van der Waals surface area contributed by atoms with E-state index in [2.05, 4.69) is 46.6 Å². The zero-order valence-corrected chi connectivity index (χ0v) is 13.5. The van der Waals surface area contributed by atoms with Crippen molar-refractivity contribution < 1.29 is 4.74 Å². The first-order chi connectivity index (χ1) is 10.7. The first-order valence-electron chi connectivity index (χ1n) is 7.61. The second-order valence-electron chi connectivity index (χ2n) is 5.57. The molecule has 5 nitrogen and oxygen atoms in total. The molecule has 0 aliphatic carbocycles. The lowest BCUT2D eigenvalue weighted by atomic mass is 10.1. The predicted octanol–water partition coefficient (Wildman–Crippen LogP) is 3.21. The Kier molecular flexibility index (Phi) is 6.01. The summed E-state index contributed by atoms with van der Waals surface area (Å²) in [6.45, 7) is 5.99. The number of ether oxygens (including phenoxy) is 1. The molecule has 0 saturated heterocycles. The Hall–Kier alpha value is -2.30. The second kappa shape index (κ2) is 8.22. The van der Waals surface area contributed by atoms with Crippen molar-refractivity contribution in [2.24, 2.45) is 5.92 Å². The van der Waals surface area contributed by atoms with Crippen molar-refractivity contribution >= 4 is 11.8 Å². The molecule has 0 amide bonds. The van der Waals surface area contributed by atoms with Crippen LogP contribution in [-0.4, -0.2) is 30.2 Å². The molecule has 0 fully saturated rings. The molecule has 1 heterocycles. The van der Waals surface area contributed by atoms with Crippen LogP contribution in [-0.2, 0) is 6.42 Å². The Morgan fingerprint density at radius 2 is 2.05 bits per heavy atom. The number of nitrogens with zero attached hydrogens (tertiary/aromatic N) is 2. The summed E-state index contributed by atoms with van der Waals surface area (Å²) in [6, 6.07) is 9.99. The van der Waals surface area contributed by atoms with Gasteiger partial charge in [-0.1, -0.05) is 26.0 Å². The van der Waals surface area contributed by atoms with Crippen LogP contribution >= 0.6 is 0 Å². The molecular weight excluding hydrogens is 276 g/mol. The first kappa shape index (κ1) is 16.1. The summed E-state index contributed by atoms with van der Waals surface area (Å²) in [5, 5.41) is 6.56. The smallest absolute Gasteiger partial charge is 0.224 e. The van der Waals surface area contributed by atoms with Crippen molar-refractivity contribution in [1.29, 1.82) is 0 Å². The Labute approximate surface area is 132 Å². The van der Waals surface area contributed by atoms with Gasteiger partial charge < -0.3 is 15.4 Å². The molecule has 0 spiro atoms. The molecule has 0 aliphatic heterocycles. The van der Waals surface area contributed by atoms with Crippen LogP contribution in [0.4, 0.5) is 11.8 Å². The Morgan fingerprint density at radius 1 is 1.18 bits per heavy atom. The molecule has 5 heteroatoms. The van der Waals surface area contributed by atoms with E-state index >= 15 is 0 Å². The highest BCUT2D eigenvalue weighted by Gasteiger charge is 2.01. The van der Waals surface area contributed by atoms with Gasteiger partial charge in [0.05, 0.1) is 7.11 Å². The lowest BCUT2D eigenvalue weighted by Gasteiger charge is -2.10. The zero-order chi connectivity index (χ0) is 15.8. The monoisotopic (exact) mass is 300 g/mol. The van der Waals surface area contributed by atoms with Gasteiger partial charge in [0.15, 0.2) is 0 Å². The van der Waals surface area contributed by atoms with Crippen LogP contribution < -0.4 is 15.4 Å². The number of anilines is 2. The Bertz CT molecular complexity index is 586. The van der Waals surface area contributed by atoms with E-state index in [1.165, 1.54) is 5.56 Å². The minimum atomic E-state index is 0.563. The maximum absolute atomic E-state index is 5.23. The van der Waals surface area contributed by atoms with E-state index in [0.717, 1.165) is 31.1 Å². The largest absolute Gasteiger partial charge is 0.497 e. The van der Waals surface area contributed by atoms with Crippen LogP contribution in [0.25, 0.3) is 0 Å². The van der Waals surface area contributed by atoms with Crippen molar-refractivity contribution in [3.05, 3.63) is 42.1 Å². The number of nitrogens with one attached hydrogen (secondary N) is 2. The molecule has 0 radical (unpaired) electrons. The zero-order valence-electron chi connectivity index (χ0n) is 13.5. The molecule has 0 saturated carbocycles. The van der Waals surface area contributed by atoms with Gasteiger partial charge in [0.25, 0.3) is 0 Å². The van der Waals surface area contributed by atoms with Crippen molar-refractivity contribution in [3.63, 3.8) is 0 Å². The second-order valence-corrected chi connectivity index (χ2v) is 5.57. The summed E-state index contributed by atoms with van der Waals surface area (Å²) in [5.74, 6) is 2.96. The highest BCUT2D eigenvalue weighted by molar-refractivity contribution is 5.40. The van der Waals surface area contributed by atoms with Gasteiger partial charge in [-0.2, -0.15) is 4.98 Å². The van der Waals surface area contributed by atoms with Crippen molar-refractivity contribution in [3.8, 4) is 5.75 Å². The van der Waals surface area contributed by atoms with Crippen molar-refractivity contribution in [2.45, 2.75) is 20.3 Å². The van der Waals surface area contributed by atoms with Gasteiger partial charge in [-0.3, -0.25) is 0 Å². The molecule has 0 unspecified atom stereocenters. The van der Waals surface area contributed by atoms with E-state index in [1.807, 2.05) is 18.2 Å². The topological polar surface area (TPSA) is 59.1 Å². The Balaban J connectivity index is 1.84. The van der Waals surface area contributed by atoms with E-state index in [0.29, 0.717) is 11.9 Å². The molecule has 2 N–H and O–H groups in total. The number of methoxy groups -OCH3 is 1.